The van der Waals surface area contributed by atoms with Gasteiger partial charge in [0, 0.05) is 5.56 Å². The molecule has 108 valence electrons. The number of H-pyrrole nitrogens is 1. The summed E-state index contributed by atoms with van der Waals surface area (Å²) in [7, 11) is 0. The first kappa shape index (κ1) is 14.5. The smallest absolute Gasteiger partial charge is 0.181 e. The van der Waals surface area contributed by atoms with E-state index in [9.17, 15) is 5.11 Å². The molecule has 5 heteroatoms. The lowest BCUT2D eigenvalue weighted by molar-refractivity contribution is 0.260. The van der Waals surface area contributed by atoms with Gasteiger partial charge < -0.3 is 5.11 Å². The third-order valence-corrected chi connectivity index (χ3v) is 3.09. The van der Waals surface area contributed by atoms with Gasteiger partial charge in [-0.1, -0.05) is 26.0 Å². The van der Waals surface area contributed by atoms with Crippen LogP contribution < -0.4 is 0 Å². The molecule has 1 aromatic heterocycles. The Bertz CT molecular complexity index is 532. The Morgan fingerprint density at radius 1 is 1.20 bits per heavy atom. The van der Waals surface area contributed by atoms with E-state index < -0.39 is 0 Å². The van der Waals surface area contributed by atoms with Gasteiger partial charge in [0.15, 0.2) is 5.82 Å². The summed E-state index contributed by atoms with van der Waals surface area (Å²) in [6.07, 6.45) is 2.26. The zero-order valence-corrected chi connectivity index (χ0v) is 12.1. The summed E-state index contributed by atoms with van der Waals surface area (Å²) in [6, 6.07) is 6.99. The molecule has 1 heterocycles. The van der Waals surface area contributed by atoms with E-state index in [-0.39, 0.29) is 5.75 Å². The lowest BCUT2D eigenvalue weighted by atomic mass is 10.2. The summed E-state index contributed by atoms with van der Waals surface area (Å²) in [5, 5.41) is 16.7. The quantitative estimate of drug-likeness (QED) is 0.815. The van der Waals surface area contributed by atoms with Gasteiger partial charge in [0.05, 0.1) is 6.54 Å². The number of nitrogens with one attached hydrogen (secondary N) is 1. The molecule has 0 atom stereocenters. The minimum Gasteiger partial charge on any atom is -0.508 e. The van der Waals surface area contributed by atoms with E-state index in [4.69, 9.17) is 0 Å². The van der Waals surface area contributed by atoms with Crippen molar-refractivity contribution in [3.8, 4) is 17.1 Å². The van der Waals surface area contributed by atoms with Gasteiger partial charge >= 0.3 is 0 Å². The Morgan fingerprint density at radius 2 is 1.95 bits per heavy atom. The van der Waals surface area contributed by atoms with Gasteiger partial charge in [-0.2, -0.15) is 5.10 Å². The third-order valence-electron chi connectivity index (χ3n) is 3.09. The van der Waals surface area contributed by atoms with Crippen molar-refractivity contribution in [2.75, 3.05) is 13.1 Å². The second kappa shape index (κ2) is 7.05. The predicted octanol–water partition coefficient (Wildman–Crippen LogP) is 2.80. The predicted molar refractivity (Wildman–Crippen MR) is 79.3 cm³/mol. The molecule has 0 saturated heterocycles. The van der Waals surface area contributed by atoms with E-state index in [2.05, 4.69) is 33.9 Å². The first-order valence-electron chi connectivity index (χ1n) is 7.16. The SMILES string of the molecule is CCCN(CCC)Cc1nc(-c2cccc(O)c2)n[nH]1. The molecule has 0 aliphatic carbocycles. The molecule has 0 spiro atoms. The highest BCUT2D eigenvalue weighted by molar-refractivity contribution is 5.56. The van der Waals surface area contributed by atoms with Gasteiger partial charge in [0.25, 0.3) is 0 Å². The Hall–Kier alpha value is -1.88. The standard InChI is InChI=1S/C15H22N4O/c1-3-8-19(9-4-2)11-14-16-15(18-17-14)12-6-5-7-13(20)10-12/h5-7,10,20H,3-4,8-9,11H2,1-2H3,(H,16,17,18). The fraction of sp³-hybridized carbons (Fsp3) is 0.467. The van der Waals surface area contributed by atoms with Gasteiger partial charge in [-0.05, 0) is 38.1 Å². The largest absolute Gasteiger partial charge is 0.508 e. The van der Waals surface area contributed by atoms with Crippen molar-refractivity contribution < 1.29 is 5.11 Å². The summed E-state index contributed by atoms with van der Waals surface area (Å²) in [4.78, 5) is 6.87. The molecule has 0 aliphatic rings. The van der Waals surface area contributed by atoms with Gasteiger partial charge in [-0.3, -0.25) is 10.00 Å². The van der Waals surface area contributed by atoms with Crippen LogP contribution >= 0.6 is 0 Å². The first-order valence-corrected chi connectivity index (χ1v) is 7.16. The van der Waals surface area contributed by atoms with E-state index in [0.29, 0.717) is 5.82 Å². The molecule has 0 unspecified atom stereocenters. The van der Waals surface area contributed by atoms with Crippen LogP contribution in [0.15, 0.2) is 24.3 Å². The molecule has 1 aromatic carbocycles. The minimum atomic E-state index is 0.229. The number of phenolic OH excluding ortho intramolecular Hbond substituents is 1. The van der Waals surface area contributed by atoms with Crippen LogP contribution in [0.3, 0.4) is 0 Å². The summed E-state index contributed by atoms with van der Waals surface area (Å²) in [6.45, 7) is 7.28. The molecule has 2 aromatic rings. The number of rotatable bonds is 7. The molecule has 2 rings (SSSR count). The van der Waals surface area contributed by atoms with Crippen LogP contribution in [0.4, 0.5) is 0 Å². The van der Waals surface area contributed by atoms with Crippen LogP contribution in [0.5, 0.6) is 5.75 Å². The van der Waals surface area contributed by atoms with E-state index in [1.807, 2.05) is 6.07 Å². The second-order valence-corrected chi connectivity index (χ2v) is 4.93. The Labute approximate surface area is 119 Å². The molecule has 20 heavy (non-hydrogen) atoms. The lowest BCUT2D eigenvalue weighted by Gasteiger charge is -2.18. The minimum absolute atomic E-state index is 0.229. The maximum atomic E-state index is 9.49. The van der Waals surface area contributed by atoms with Crippen molar-refractivity contribution in [1.82, 2.24) is 20.1 Å². The van der Waals surface area contributed by atoms with Gasteiger partial charge in [-0.25, -0.2) is 4.98 Å². The zero-order valence-electron chi connectivity index (χ0n) is 12.1. The van der Waals surface area contributed by atoms with Crippen LogP contribution in [-0.2, 0) is 6.54 Å². The average molecular weight is 274 g/mol. The van der Waals surface area contributed by atoms with Gasteiger partial charge in [0.1, 0.15) is 11.6 Å². The lowest BCUT2D eigenvalue weighted by Crippen LogP contribution is -2.25. The van der Waals surface area contributed by atoms with E-state index in [0.717, 1.165) is 43.9 Å². The van der Waals surface area contributed by atoms with E-state index >= 15 is 0 Å². The molecule has 2 N–H and O–H groups in total. The number of nitrogens with zero attached hydrogens (tertiary/aromatic N) is 3. The highest BCUT2D eigenvalue weighted by Gasteiger charge is 2.10. The van der Waals surface area contributed by atoms with Crippen LogP contribution in [0, 0.1) is 0 Å². The Morgan fingerprint density at radius 3 is 2.60 bits per heavy atom. The molecular formula is C15H22N4O. The molecule has 0 saturated carbocycles. The number of benzene rings is 1. The molecule has 0 radical (unpaired) electrons. The van der Waals surface area contributed by atoms with Gasteiger partial charge in [0.2, 0.25) is 0 Å². The van der Waals surface area contributed by atoms with Crippen LogP contribution in [0.25, 0.3) is 11.4 Å². The molecular weight excluding hydrogens is 252 g/mol. The van der Waals surface area contributed by atoms with Crippen molar-refractivity contribution in [2.45, 2.75) is 33.2 Å². The maximum Gasteiger partial charge on any atom is 0.181 e. The molecule has 5 nitrogen and oxygen atoms in total. The van der Waals surface area contributed by atoms with Crippen molar-refractivity contribution in [3.63, 3.8) is 0 Å². The monoisotopic (exact) mass is 274 g/mol. The van der Waals surface area contributed by atoms with Crippen LogP contribution in [0.2, 0.25) is 0 Å². The number of aromatic hydroxyl groups is 1. The number of aromatic nitrogens is 3. The molecule has 0 aliphatic heterocycles. The number of aromatic amines is 1. The maximum absolute atomic E-state index is 9.49. The van der Waals surface area contributed by atoms with Crippen molar-refractivity contribution >= 4 is 0 Å². The molecule has 0 fully saturated rings. The second-order valence-electron chi connectivity index (χ2n) is 4.93. The number of phenols is 1. The fourth-order valence-corrected chi connectivity index (χ4v) is 2.25. The highest BCUT2D eigenvalue weighted by atomic mass is 16.3. The summed E-state index contributed by atoms with van der Waals surface area (Å²) < 4.78 is 0. The topological polar surface area (TPSA) is 65.0 Å². The van der Waals surface area contributed by atoms with E-state index in [1.165, 1.54) is 0 Å². The summed E-state index contributed by atoms with van der Waals surface area (Å²) >= 11 is 0. The summed E-state index contributed by atoms with van der Waals surface area (Å²) in [5.41, 5.74) is 0.824. The van der Waals surface area contributed by atoms with Crippen molar-refractivity contribution in [1.29, 1.82) is 0 Å². The van der Waals surface area contributed by atoms with Crippen molar-refractivity contribution in [2.24, 2.45) is 0 Å². The van der Waals surface area contributed by atoms with E-state index in [1.54, 1.807) is 18.2 Å². The third kappa shape index (κ3) is 3.81. The first-order chi connectivity index (χ1) is 9.72. The van der Waals surface area contributed by atoms with Crippen LogP contribution in [0.1, 0.15) is 32.5 Å². The zero-order chi connectivity index (χ0) is 14.4. The van der Waals surface area contributed by atoms with Gasteiger partial charge in [-0.15, -0.1) is 0 Å². The van der Waals surface area contributed by atoms with Crippen molar-refractivity contribution in [3.05, 3.63) is 30.1 Å². The number of hydrogen-bond donors (Lipinski definition) is 2. The Kier molecular flexibility index (Phi) is 5.12. The van der Waals surface area contributed by atoms with Crippen LogP contribution in [-0.4, -0.2) is 38.3 Å². The average Bonchev–Trinajstić information content (AvgIpc) is 2.88. The Balaban J connectivity index is 2.08. The number of hydrogen-bond acceptors (Lipinski definition) is 4. The highest BCUT2D eigenvalue weighted by Crippen LogP contribution is 2.19. The summed E-state index contributed by atoms with van der Waals surface area (Å²) in [5.74, 6) is 1.72. The fourth-order valence-electron chi connectivity index (χ4n) is 2.25. The molecule has 0 bridgehead atoms. The molecule has 0 amide bonds. The normalized spacial score (nSPS) is 11.2.